The van der Waals surface area contributed by atoms with E-state index in [4.69, 9.17) is 4.74 Å². The Morgan fingerprint density at radius 2 is 2.00 bits per heavy atom. The summed E-state index contributed by atoms with van der Waals surface area (Å²) in [5.74, 6) is 0.961. The zero-order chi connectivity index (χ0) is 11.9. The van der Waals surface area contributed by atoms with Gasteiger partial charge in [-0.3, -0.25) is 4.90 Å². The Morgan fingerprint density at radius 1 is 1.17 bits per heavy atom. The quantitative estimate of drug-likeness (QED) is 0.661. The predicted molar refractivity (Wildman–Crippen MR) is 71.4 cm³/mol. The summed E-state index contributed by atoms with van der Waals surface area (Å²) in [5, 5.41) is 0. The van der Waals surface area contributed by atoms with Crippen LogP contribution in [0.25, 0.3) is 11.0 Å². The van der Waals surface area contributed by atoms with Crippen LogP contribution in [0.5, 0.6) is 0 Å². The maximum Gasteiger partial charge on any atom is 0.186 e. The first kappa shape index (κ1) is 10.4. The maximum atomic E-state index is 5.38. The van der Waals surface area contributed by atoms with Crippen molar-refractivity contribution in [3.8, 4) is 0 Å². The van der Waals surface area contributed by atoms with Gasteiger partial charge in [-0.1, -0.05) is 12.1 Å². The van der Waals surface area contributed by atoms with E-state index in [1.807, 2.05) is 22.9 Å². The number of nitrogens with zero attached hydrogens (tertiary/aromatic N) is 4. The number of ether oxygens (including phenoxy) is 1. The molecule has 4 rings (SSSR count). The molecule has 0 N–H and O–H groups in total. The van der Waals surface area contributed by atoms with Crippen molar-refractivity contribution in [3.63, 3.8) is 0 Å². The molecule has 0 unspecified atom stereocenters. The molecule has 5 nitrogen and oxygen atoms in total. The van der Waals surface area contributed by atoms with E-state index < -0.39 is 0 Å². The highest BCUT2D eigenvalue weighted by Crippen LogP contribution is 2.20. The molecule has 2 aliphatic heterocycles. The van der Waals surface area contributed by atoms with Gasteiger partial charge in [0.1, 0.15) is 4.99 Å². The SMILES string of the molecule is c1ccc2c(c1)nc1n2N=S=C1N1CCOCC1. The number of rotatable bonds is 0. The maximum absolute atomic E-state index is 5.38. The van der Waals surface area contributed by atoms with Gasteiger partial charge in [-0.05, 0) is 12.1 Å². The number of fused-ring (bicyclic) bond motifs is 3. The lowest BCUT2D eigenvalue weighted by molar-refractivity contribution is 0.0691. The summed E-state index contributed by atoms with van der Waals surface area (Å²) in [7, 11) is 0. The second-order valence-electron chi connectivity index (χ2n) is 4.31. The monoisotopic (exact) mass is 260 g/mol. The fourth-order valence-electron chi connectivity index (χ4n) is 2.32. The summed E-state index contributed by atoms with van der Waals surface area (Å²) in [6.45, 7) is 3.40. The Bertz CT molecular complexity index is 680. The van der Waals surface area contributed by atoms with Crippen LogP contribution in [0.15, 0.2) is 28.7 Å². The van der Waals surface area contributed by atoms with E-state index in [9.17, 15) is 0 Å². The average molecular weight is 260 g/mol. The largest absolute Gasteiger partial charge is 0.379 e. The molecule has 0 bridgehead atoms. The van der Waals surface area contributed by atoms with Crippen LogP contribution in [0.1, 0.15) is 5.82 Å². The van der Waals surface area contributed by atoms with E-state index in [0.29, 0.717) is 0 Å². The van der Waals surface area contributed by atoms with Gasteiger partial charge in [0.2, 0.25) is 0 Å². The minimum Gasteiger partial charge on any atom is -0.379 e. The number of aromatic nitrogens is 2. The van der Waals surface area contributed by atoms with Crippen LogP contribution >= 0.6 is 0 Å². The Balaban J connectivity index is 1.80. The number of morpholine rings is 1. The predicted octanol–water partition coefficient (Wildman–Crippen LogP) is 0.889. The molecule has 0 spiro atoms. The van der Waals surface area contributed by atoms with Gasteiger partial charge in [-0.15, -0.1) is 4.47 Å². The van der Waals surface area contributed by atoms with Gasteiger partial charge in [0.25, 0.3) is 0 Å². The molecule has 0 amide bonds. The van der Waals surface area contributed by atoms with Crippen molar-refractivity contribution in [1.29, 1.82) is 0 Å². The van der Waals surface area contributed by atoms with Crippen LogP contribution in [0.2, 0.25) is 0 Å². The van der Waals surface area contributed by atoms with Crippen LogP contribution in [0.4, 0.5) is 0 Å². The van der Waals surface area contributed by atoms with Crippen LogP contribution < -0.4 is 0 Å². The molecule has 1 fully saturated rings. The van der Waals surface area contributed by atoms with Crippen LogP contribution in [-0.4, -0.2) is 45.9 Å². The van der Waals surface area contributed by atoms with Gasteiger partial charge in [-0.2, -0.15) is 4.68 Å². The second kappa shape index (κ2) is 4.01. The molecule has 6 heteroatoms. The molecule has 3 heterocycles. The Kier molecular flexibility index (Phi) is 2.32. The molecule has 1 saturated heterocycles. The van der Waals surface area contributed by atoms with Crippen molar-refractivity contribution < 1.29 is 4.74 Å². The van der Waals surface area contributed by atoms with Crippen LogP contribution in [-0.2, 0) is 15.9 Å². The zero-order valence-electron chi connectivity index (χ0n) is 9.74. The van der Waals surface area contributed by atoms with E-state index >= 15 is 0 Å². The summed E-state index contributed by atoms with van der Waals surface area (Å²) in [6.07, 6.45) is 0. The lowest BCUT2D eigenvalue weighted by Crippen LogP contribution is -2.41. The highest BCUT2D eigenvalue weighted by atomic mass is 32.1. The van der Waals surface area contributed by atoms with Crippen molar-refractivity contribution in [2.24, 2.45) is 4.47 Å². The molecule has 0 atom stereocenters. The Hall–Kier alpha value is -1.50. The standard InChI is InChI=1S/C12H12N4OS/c1-2-4-10-9(3-1)13-11-12(18-14-16(10)11)15-5-7-17-8-6-15/h1-4H,5-8H2. The lowest BCUT2D eigenvalue weighted by atomic mass is 10.3. The number of benzene rings is 1. The molecule has 0 saturated carbocycles. The highest BCUT2D eigenvalue weighted by molar-refractivity contribution is 7.69. The van der Waals surface area contributed by atoms with Crippen molar-refractivity contribution in [3.05, 3.63) is 30.1 Å². The summed E-state index contributed by atoms with van der Waals surface area (Å²) in [4.78, 5) is 8.13. The highest BCUT2D eigenvalue weighted by Gasteiger charge is 2.25. The van der Waals surface area contributed by atoms with Gasteiger partial charge in [-0.25, -0.2) is 4.98 Å². The Morgan fingerprint density at radius 3 is 2.89 bits per heavy atom. The second-order valence-corrected chi connectivity index (χ2v) is 5.05. The summed E-state index contributed by atoms with van der Waals surface area (Å²) < 4.78 is 11.8. The molecule has 1 aromatic carbocycles. The molecule has 18 heavy (non-hydrogen) atoms. The van der Waals surface area contributed by atoms with Gasteiger partial charge in [0, 0.05) is 24.2 Å². The van der Waals surface area contributed by atoms with Gasteiger partial charge in [0.15, 0.2) is 5.82 Å². The molecule has 1 aromatic heterocycles. The number of imidazole rings is 1. The van der Waals surface area contributed by atoms with E-state index in [0.717, 1.165) is 48.1 Å². The molecule has 2 aliphatic rings. The third kappa shape index (κ3) is 1.46. The first-order chi connectivity index (χ1) is 8.93. The zero-order valence-corrected chi connectivity index (χ0v) is 10.6. The fourth-order valence-corrected chi connectivity index (χ4v) is 3.16. The third-order valence-corrected chi connectivity index (χ3v) is 4.09. The smallest absolute Gasteiger partial charge is 0.186 e. The van der Waals surface area contributed by atoms with Crippen molar-refractivity contribution in [1.82, 2.24) is 14.6 Å². The average Bonchev–Trinajstić information content (AvgIpc) is 2.98. The number of para-hydroxylation sites is 2. The minimum absolute atomic E-state index is 0.782. The summed E-state index contributed by atoms with van der Waals surface area (Å²) in [5.41, 5.74) is 2.07. The van der Waals surface area contributed by atoms with Crippen molar-refractivity contribution in [2.45, 2.75) is 0 Å². The molecular weight excluding hydrogens is 248 g/mol. The molecule has 0 aliphatic carbocycles. The first-order valence-corrected chi connectivity index (χ1v) is 6.77. The third-order valence-electron chi connectivity index (χ3n) is 3.24. The van der Waals surface area contributed by atoms with E-state index in [1.165, 1.54) is 11.1 Å². The topological polar surface area (TPSA) is 42.7 Å². The van der Waals surface area contributed by atoms with Gasteiger partial charge in [0.05, 0.1) is 24.2 Å². The lowest BCUT2D eigenvalue weighted by Gasteiger charge is -2.25. The van der Waals surface area contributed by atoms with Gasteiger partial charge >= 0.3 is 0 Å². The minimum atomic E-state index is 0.782. The van der Waals surface area contributed by atoms with Crippen LogP contribution in [0.3, 0.4) is 0 Å². The van der Waals surface area contributed by atoms with Crippen molar-refractivity contribution in [2.75, 3.05) is 26.3 Å². The molecular formula is C12H12N4OS. The normalized spacial score (nSPS) is 19.7. The number of hydrogen-bond acceptors (Lipinski definition) is 4. The molecule has 2 aromatic rings. The first-order valence-electron chi connectivity index (χ1n) is 5.99. The summed E-state index contributed by atoms with van der Waals surface area (Å²) in [6, 6.07) is 8.10. The van der Waals surface area contributed by atoms with E-state index in [1.54, 1.807) is 0 Å². The van der Waals surface area contributed by atoms with Gasteiger partial charge < -0.3 is 4.74 Å². The van der Waals surface area contributed by atoms with Crippen molar-refractivity contribution >= 4 is 27.2 Å². The Labute approximate surface area is 108 Å². The molecule has 0 radical (unpaired) electrons. The van der Waals surface area contributed by atoms with E-state index in [-0.39, 0.29) is 0 Å². The fraction of sp³-hybridized carbons (Fsp3) is 0.333. The van der Waals surface area contributed by atoms with E-state index in [2.05, 4.69) is 20.4 Å². The molecule has 92 valence electrons. The number of hydrogen-bond donors (Lipinski definition) is 0. The van der Waals surface area contributed by atoms with Crippen LogP contribution in [0, 0.1) is 0 Å². The summed E-state index contributed by atoms with van der Waals surface area (Å²) >= 11 is 1.51.